The average molecular weight is 367 g/mol. The molecule has 9 nitrogen and oxygen atoms in total. The van der Waals surface area contributed by atoms with Crippen molar-refractivity contribution < 1.29 is 9.90 Å². The van der Waals surface area contributed by atoms with Gasteiger partial charge < -0.3 is 10.4 Å². The first-order valence-corrected chi connectivity index (χ1v) is 9.01. The van der Waals surface area contributed by atoms with Crippen molar-refractivity contribution in [3.05, 3.63) is 53.5 Å². The maximum absolute atomic E-state index is 11.5. The molecule has 0 aromatic carbocycles. The van der Waals surface area contributed by atoms with Crippen LogP contribution in [0.5, 0.6) is 0 Å². The van der Waals surface area contributed by atoms with Crippen molar-refractivity contribution in [2.75, 3.05) is 0 Å². The van der Waals surface area contributed by atoms with Gasteiger partial charge in [-0.25, -0.2) is 19.4 Å². The van der Waals surface area contributed by atoms with Gasteiger partial charge >= 0.3 is 5.97 Å². The van der Waals surface area contributed by atoms with Crippen molar-refractivity contribution in [1.29, 1.82) is 0 Å². The minimum Gasteiger partial charge on any atom is -0.476 e. The van der Waals surface area contributed by atoms with Crippen molar-refractivity contribution in [2.24, 2.45) is 0 Å². The number of fused-ring (bicyclic) bond motifs is 1. The van der Waals surface area contributed by atoms with Gasteiger partial charge in [-0.2, -0.15) is 10.2 Å². The summed E-state index contributed by atoms with van der Waals surface area (Å²) in [6.45, 7) is 3.29. The Morgan fingerprint density at radius 3 is 3.07 bits per heavy atom. The van der Waals surface area contributed by atoms with E-state index in [0.29, 0.717) is 19.5 Å². The number of pyridine rings is 1. The number of nitrogens with one attached hydrogen (secondary N) is 1. The van der Waals surface area contributed by atoms with E-state index >= 15 is 0 Å². The van der Waals surface area contributed by atoms with Gasteiger partial charge in [0.15, 0.2) is 11.5 Å². The van der Waals surface area contributed by atoms with Crippen LogP contribution >= 0.6 is 0 Å². The topological polar surface area (TPSA) is 111 Å². The summed E-state index contributed by atoms with van der Waals surface area (Å²) in [6, 6.07) is 4.08. The van der Waals surface area contributed by atoms with Crippen molar-refractivity contribution in [1.82, 2.24) is 34.8 Å². The van der Waals surface area contributed by atoms with Crippen molar-refractivity contribution >= 4 is 5.97 Å². The molecule has 27 heavy (non-hydrogen) atoms. The third-order valence-corrected chi connectivity index (χ3v) is 4.93. The smallest absolute Gasteiger partial charge is 0.356 e. The molecule has 0 radical (unpaired) electrons. The molecule has 0 spiro atoms. The van der Waals surface area contributed by atoms with Crippen LogP contribution in [0.2, 0.25) is 0 Å². The van der Waals surface area contributed by atoms with E-state index in [-0.39, 0.29) is 11.7 Å². The number of nitrogens with zero attached hydrogens (tertiary/aromatic N) is 6. The molecule has 3 aromatic rings. The monoisotopic (exact) mass is 367 g/mol. The second-order valence-electron chi connectivity index (χ2n) is 6.54. The Kier molecular flexibility index (Phi) is 4.68. The highest BCUT2D eigenvalue weighted by Gasteiger charge is 2.28. The summed E-state index contributed by atoms with van der Waals surface area (Å²) in [7, 11) is 0. The SMILES string of the molecule is CCn1nc(C(=O)O)c2c1CCC(NCc1cccnc1-n1cncn1)C2. The molecule has 1 aliphatic rings. The number of aromatic nitrogens is 6. The van der Waals surface area contributed by atoms with E-state index in [9.17, 15) is 9.90 Å². The first-order chi connectivity index (χ1) is 13.2. The molecule has 0 aliphatic heterocycles. The quantitative estimate of drug-likeness (QED) is 0.674. The predicted molar refractivity (Wildman–Crippen MR) is 96.7 cm³/mol. The highest BCUT2D eigenvalue weighted by Crippen LogP contribution is 2.25. The van der Waals surface area contributed by atoms with Gasteiger partial charge in [0.1, 0.15) is 12.7 Å². The zero-order chi connectivity index (χ0) is 18.8. The Morgan fingerprint density at radius 2 is 2.33 bits per heavy atom. The summed E-state index contributed by atoms with van der Waals surface area (Å²) < 4.78 is 3.46. The highest BCUT2D eigenvalue weighted by atomic mass is 16.4. The van der Waals surface area contributed by atoms with E-state index in [2.05, 4.69) is 25.5 Å². The van der Waals surface area contributed by atoms with Gasteiger partial charge in [-0.3, -0.25) is 4.68 Å². The molecule has 1 unspecified atom stereocenters. The molecular formula is C18H21N7O2. The fourth-order valence-corrected chi connectivity index (χ4v) is 3.64. The van der Waals surface area contributed by atoms with Gasteiger partial charge in [0, 0.05) is 42.1 Å². The van der Waals surface area contributed by atoms with E-state index in [1.54, 1.807) is 17.2 Å². The molecule has 1 aliphatic carbocycles. The number of rotatable bonds is 6. The summed E-state index contributed by atoms with van der Waals surface area (Å²) in [6.07, 6.45) is 7.26. The van der Waals surface area contributed by atoms with E-state index in [1.807, 2.05) is 23.7 Å². The highest BCUT2D eigenvalue weighted by molar-refractivity contribution is 5.87. The zero-order valence-electron chi connectivity index (χ0n) is 15.0. The van der Waals surface area contributed by atoms with Crippen LogP contribution in [0.25, 0.3) is 5.82 Å². The Hall–Kier alpha value is -3.07. The number of aromatic carboxylic acids is 1. The molecule has 140 valence electrons. The average Bonchev–Trinajstić information content (AvgIpc) is 3.34. The third kappa shape index (κ3) is 3.33. The summed E-state index contributed by atoms with van der Waals surface area (Å²) >= 11 is 0. The standard InChI is InChI=1S/C18H21N7O2/c1-2-24-15-6-5-13(8-14(15)16(23-24)18(26)27)21-9-12-4-3-7-20-17(12)25-11-19-10-22-25/h3-4,7,10-11,13,21H,2,5-6,8-9H2,1H3,(H,26,27). The lowest BCUT2D eigenvalue weighted by Gasteiger charge is -2.24. The van der Waals surface area contributed by atoms with Crippen LogP contribution in [0.15, 0.2) is 31.0 Å². The molecule has 1 atom stereocenters. The van der Waals surface area contributed by atoms with Gasteiger partial charge in [-0.05, 0) is 32.3 Å². The first kappa shape index (κ1) is 17.3. The Labute approximate surface area is 156 Å². The number of carbonyl (C=O) groups is 1. The molecule has 0 fully saturated rings. The minimum absolute atomic E-state index is 0.183. The van der Waals surface area contributed by atoms with Crippen LogP contribution in [0.3, 0.4) is 0 Å². The Morgan fingerprint density at radius 1 is 1.44 bits per heavy atom. The Balaban J connectivity index is 1.51. The molecule has 0 saturated heterocycles. The number of hydrogen-bond acceptors (Lipinski definition) is 6. The van der Waals surface area contributed by atoms with Crippen molar-refractivity contribution in [3.63, 3.8) is 0 Å². The van der Waals surface area contributed by atoms with Crippen LogP contribution in [0.1, 0.15) is 40.7 Å². The molecule has 3 heterocycles. The number of carboxylic acid groups (broad SMARTS) is 1. The van der Waals surface area contributed by atoms with Gasteiger partial charge in [0.2, 0.25) is 0 Å². The van der Waals surface area contributed by atoms with Crippen LogP contribution in [-0.4, -0.2) is 46.6 Å². The fourth-order valence-electron chi connectivity index (χ4n) is 3.64. The molecule has 0 amide bonds. The normalized spacial score (nSPS) is 16.3. The lowest BCUT2D eigenvalue weighted by molar-refractivity contribution is 0.0688. The van der Waals surface area contributed by atoms with Crippen LogP contribution in [0, 0.1) is 0 Å². The second kappa shape index (κ2) is 7.28. The molecule has 2 N–H and O–H groups in total. The molecule has 3 aromatic heterocycles. The van der Waals surface area contributed by atoms with E-state index in [0.717, 1.165) is 35.5 Å². The van der Waals surface area contributed by atoms with Crippen LogP contribution in [-0.2, 0) is 25.9 Å². The Bertz CT molecular complexity index is 949. The molecular weight excluding hydrogens is 346 g/mol. The maximum Gasteiger partial charge on any atom is 0.356 e. The van der Waals surface area contributed by atoms with Crippen LogP contribution in [0.4, 0.5) is 0 Å². The zero-order valence-corrected chi connectivity index (χ0v) is 15.0. The lowest BCUT2D eigenvalue weighted by atomic mass is 9.91. The van der Waals surface area contributed by atoms with Gasteiger partial charge in [-0.15, -0.1) is 0 Å². The number of carboxylic acids is 1. The van der Waals surface area contributed by atoms with Crippen molar-refractivity contribution in [2.45, 2.75) is 45.3 Å². The lowest BCUT2D eigenvalue weighted by Crippen LogP contribution is -2.35. The molecule has 0 bridgehead atoms. The second-order valence-corrected chi connectivity index (χ2v) is 6.54. The summed E-state index contributed by atoms with van der Waals surface area (Å²) in [4.78, 5) is 19.9. The molecule has 0 saturated carbocycles. The van der Waals surface area contributed by atoms with E-state index in [1.165, 1.54) is 6.33 Å². The number of aryl methyl sites for hydroxylation is 1. The number of hydrogen-bond donors (Lipinski definition) is 2. The van der Waals surface area contributed by atoms with Gasteiger partial charge in [0.25, 0.3) is 0 Å². The largest absolute Gasteiger partial charge is 0.476 e. The minimum atomic E-state index is -0.958. The predicted octanol–water partition coefficient (Wildman–Crippen LogP) is 1.22. The fraction of sp³-hybridized carbons (Fsp3) is 0.389. The maximum atomic E-state index is 11.5. The molecule has 4 rings (SSSR count). The summed E-state index contributed by atoms with van der Waals surface area (Å²) in [5.41, 5.74) is 3.10. The van der Waals surface area contributed by atoms with Gasteiger partial charge in [0.05, 0.1) is 0 Å². The van der Waals surface area contributed by atoms with Gasteiger partial charge in [-0.1, -0.05) is 6.07 Å². The van der Waals surface area contributed by atoms with E-state index in [4.69, 9.17) is 0 Å². The van der Waals surface area contributed by atoms with Crippen LogP contribution < -0.4 is 5.32 Å². The third-order valence-electron chi connectivity index (χ3n) is 4.93. The van der Waals surface area contributed by atoms with E-state index < -0.39 is 5.97 Å². The summed E-state index contributed by atoms with van der Waals surface area (Å²) in [5, 5.41) is 21.4. The summed E-state index contributed by atoms with van der Waals surface area (Å²) in [5.74, 6) is -0.219. The van der Waals surface area contributed by atoms with Crippen molar-refractivity contribution in [3.8, 4) is 5.82 Å². The first-order valence-electron chi connectivity index (χ1n) is 9.01. The molecule has 9 heteroatoms.